The molecule has 1 amide bonds. The van der Waals surface area contributed by atoms with Crippen molar-refractivity contribution in [2.75, 3.05) is 38.8 Å². The van der Waals surface area contributed by atoms with Gasteiger partial charge < -0.3 is 19.7 Å². The molecule has 5 rings (SSSR count). The van der Waals surface area contributed by atoms with Crippen LogP contribution in [0.15, 0.2) is 102 Å². The fourth-order valence-corrected chi connectivity index (χ4v) is 6.55. The van der Waals surface area contributed by atoms with Gasteiger partial charge in [0.25, 0.3) is 11.7 Å². The number of ether oxygens (including phenoxy) is 2. The molecule has 0 spiro atoms. The summed E-state index contributed by atoms with van der Waals surface area (Å²) >= 11 is 0. The molecule has 3 aromatic rings. The van der Waals surface area contributed by atoms with Crippen molar-refractivity contribution in [2.45, 2.75) is 43.7 Å². The molecule has 11 heteroatoms. The zero-order chi connectivity index (χ0) is 32.7. The SMILES string of the molecule is COC(=O)C1(N(C(=O)CCCN2CCC(c3ccccc3)(c3ccccc3)CC2)c2ccc([N+](=O)[O-])cc2)C=C(C)N=C(OC)N1. The molecule has 1 N–H and O–H groups in total. The third-order valence-electron chi connectivity index (χ3n) is 8.83. The Kier molecular flexibility index (Phi) is 9.81. The molecule has 0 aromatic heterocycles. The van der Waals surface area contributed by atoms with Gasteiger partial charge in [-0.3, -0.25) is 19.8 Å². The Bertz CT molecular complexity index is 1560. The Morgan fingerprint density at radius 3 is 2.07 bits per heavy atom. The Labute approximate surface area is 268 Å². The zero-order valence-electron chi connectivity index (χ0n) is 26.3. The normalized spacial score (nSPS) is 19.2. The van der Waals surface area contributed by atoms with E-state index < -0.39 is 16.6 Å². The van der Waals surface area contributed by atoms with Crippen molar-refractivity contribution in [2.24, 2.45) is 4.99 Å². The fourth-order valence-electron chi connectivity index (χ4n) is 6.55. The number of amidine groups is 1. The van der Waals surface area contributed by atoms with Crippen LogP contribution in [0.2, 0.25) is 0 Å². The van der Waals surface area contributed by atoms with Crippen LogP contribution in [-0.2, 0) is 24.5 Å². The van der Waals surface area contributed by atoms with E-state index in [0.717, 1.165) is 25.9 Å². The Morgan fingerprint density at radius 1 is 0.957 bits per heavy atom. The lowest BCUT2D eigenvalue weighted by Crippen LogP contribution is -2.68. The molecule has 240 valence electrons. The maximum Gasteiger partial charge on any atom is 0.357 e. The van der Waals surface area contributed by atoms with Crippen molar-refractivity contribution in [3.8, 4) is 0 Å². The molecule has 11 nitrogen and oxygen atoms in total. The highest BCUT2D eigenvalue weighted by atomic mass is 16.6. The monoisotopic (exact) mass is 625 g/mol. The fraction of sp³-hybridized carbons (Fsp3) is 0.343. The minimum atomic E-state index is -1.82. The van der Waals surface area contributed by atoms with Crippen LogP contribution < -0.4 is 10.2 Å². The third-order valence-corrected chi connectivity index (χ3v) is 8.83. The van der Waals surface area contributed by atoms with E-state index in [-0.39, 0.29) is 35.1 Å². The predicted octanol–water partition coefficient (Wildman–Crippen LogP) is 5.17. The summed E-state index contributed by atoms with van der Waals surface area (Å²) in [4.78, 5) is 46.3. The lowest BCUT2D eigenvalue weighted by molar-refractivity contribution is -0.384. The topological polar surface area (TPSA) is 127 Å². The van der Waals surface area contributed by atoms with E-state index in [9.17, 15) is 19.7 Å². The van der Waals surface area contributed by atoms with Gasteiger partial charge in [-0.1, -0.05) is 60.7 Å². The van der Waals surface area contributed by atoms with Gasteiger partial charge in [0.05, 0.1) is 19.1 Å². The lowest BCUT2D eigenvalue weighted by atomic mass is 9.68. The number of allylic oxidation sites excluding steroid dienone is 1. The first kappa shape index (κ1) is 32.4. The summed E-state index contributed by atoms with van der Waals surface area (Å²) in [6, 6.07) is 26.8. The highest BCUT2D eigenvalue weighted by molar-refractivity contribution is 6.05. The van der Waals surface area contributed by atoms with Gasteiger partial charge in [0.1, 0.15) is 0 Å². The van der Waals surface area contributed by atoms with Gasteiger partial charge in [0.15, 0.2) is 0 Å². The molecule has 0 bridgehead atoms. The summed E-state index contributed by atoms with van der Waals surface area (Å²) in [6.45, 7) is 4.11. The molecule has 0 radical (unpaired) electrons. The maximum absolute atomic E-state index is 14.1. The number of nitrogens with one attached hydrogen (secondary N) is 1. The summed E-state index contributed by atoms with van der Waals surface area (Å²) in [6.07, 6.45) is 4.04. The number of nitro benzene ring substituents is 1. The minimum Gasteiger partial charge on any atom is -0.468 e. The van der Waals surface area contributed by atoms with Crippen LogP contribution in [0.3, 0.4) is 0 Å². The number of esters is 1. The summed E-state index contributed by atoms with van der Waals surface area (Å²) in [5.41, 5.74) is 1.28. The highest BCUT2D eigenvalue weighted by Crippen LogP contribution is 2.41. The number of rotatable bonds is 10. The molecule has 1 atom stereocenters. The molecule has 46 heavy (non-hydrogen) atoms. The van der Waals surface area contributed by atoms with Crippen LogP contribution >= 0.6 is 0 Å². The van der Waals surface area contributed by atoms with Gasteiger partial charge in [-0.05, 0) is 75.2 Å². The number of methoxy groups -OCH3 is 2. The van der Waals surface area contributed by atoms with Gasteiger partial charge in [0.2, 0.25) is 11.6 Å². The number of hydrogen-bond donors (Lipinski definition) is 1. The number of carbonyl (C=O) groups is 2. The minimum absolute atomic E-state index is 0.0266. The standard InChI is InChI=1S/C35H39N5O6/c1-26-25-35(32(42)45-2,37-33(36-26)46-3)39(29-16-18-30(19-17-29)40(43)44)31(41)15-10-22-38-23-20-34(21-24-38,27-11-6-4-7-12-27)28-13-8-5-9-14-28/h4-9,11-14,16-19,25H,10,15,20-24H2,1-3H3,(H,36,37). The number of anilines is 1. The van der Waals surface area contributed by atoms with E-state index in [4.69, 9.17) is 9.47 Å². The van der Waals surface area contributed by atoms with Crippen molar-refractivity contribution in [1.82, 2.24) is 10.2 Å². The second kappa shape index (κ2) is 13.9. The van der Waals surface area contributed by atoms with Crippen LogP contribution in [-0.4, -0.2) is 67.2 Å². The first-order valence-corrected chi connectivity index (χ1v) is 15.3. The average molecular weight is 626 g/mol. The first-order chi connectivity index (χ1) is 22.2. The molecular formula is C35H39N5O6. The molecule has 2 aliphatic rings. The number of nitrogens with zero attached hydrogens (tertiary/aromatic N) is 4. The molecular weight excluding hydrogens is 586 g/mol. The number of amides is 1. The molecule has 2 heterocycles. The van der Waals surface area contributed by atoms with Gasteiger partial charge in [0, 0.05) is 35.4 Å². The highest BCUT2D eigenvalue weighted by Gasteiger charge is 2.50. The summed E-state index contributed by atoms with van der Waals surface area (Å²) < 4.78 is 10.5. The van der Waals surface area contributed by atoms with E-state index in [0.29, 0.717) is 18.7 Å². The third kappa shape index (κ3) is 6.50. The average Bonchev–Trinajstić information content (AvgIpc) is 3.09. The van der Waals surface area contributed by atoms with Crippen LogP contribution in [0.1, 0.15) is 43.7 Å². The Balaban J connectivity index is 1.34. The maximum atomic E-state index is 14.1. The largest absolute Gasteiger partial charge is 0.468 e. The van der Waals surface area contributed by atoms with E-state index in [1.807, 2.05) is 12.1 Å². The van der Waals surface area contributed by atoms with Crippen LogP contribution in [0.4, 0.5) is 11.4 Å². The van der Waals surface area contributed by atoms with Gasteiger partial charge >= 0.3 is 5.97 Å². The molecule has 0 aliphatic carbocycles. The van der Waals surface area contributed by atoms with Gasteiger partial charge in [-0.2, -0.15) is 0 Å². The van der Waals surface area contributed by atoms with Crippen molar-refractivity contribution in [1.29, 1.82) is 0 Å². The molecule has 0 saturated carbocycles. The van der Waals surface area contributed by atoms with Crippen molar-refractivity contribution < 1.29 is 24.0 Å². The smallest absolute Gasteiger partial charge is 0.357 e. The van der Waals surface area contributed by atoms with Gasteiger partial charge in [-0.25, -0.2) is 9.79 Å². The first-order valence-electron chi connectivity index (χ1n) is 15.3. The molecule has 1 fully saturated rings. The zero-order valence-corrected chi connectivity index (χ0v) is 26.3. The second-order valence-electron chi connectivity index (χ2n) is 11.6. The predicted molar refractivity (Wildman–Crippen MR) is 175 cm³/mol. The van der Waals surface area contributed by atoms with E-state index in [1.165, 1.54) is 60.6 Å². The number of non-ortho nitro benzene ring substituents is 1. The van der Waals surface area contributed by atoms with Crippen LogP contribution in [0.25, 0.3) is 0 Å². The number of piperidine rings is 1. The summed E-state index contributed by atoms with van der Waals surface area (Å²) in [5.74, 6) is -1.13. The van der Waals surface area contributed by atoms with Crippen molar-refractivity contribution >= 4 is 29.3 Å². The quantitative estimate of drug-likeness (QED) is 0.186. The van der Waals surface area contributed by atoms with E-state index in [2.05, 4.69) is 63.7 Å². The summed E-state index contributed by atoms with van der Waals surface area (Å²) in [7, 11) is 2.63. The lowest BCUT2D eigenvalue weighted by Gasteiger charge is -2.43. The number of nitro groups is 1. The van der Waals surface area contributed by atoms with E-state index >= 15 is 0 Å². The number of benzene rings is 3. The van der Waals surface area contributed by atoms with Crippen molar-refractivity contribution in [3.05, 3.63) is 118 Å². The Hall–Kier alpha value is -5.03. The van der Waals surface area contributed by atoms with Crippen LogP contribution in [0.5, 0.6) is 0 Å². The van der Waals surface area contributed by atoms with Crippen LogP contribution in [0, 0.1) is 10.1 Å². The number of aliphatic imine (C=N–C) groups is 1. The number of likely N-dealkylation sites (tertiary alicyclic amines) is 1. The number of carbonyl (C=O) groups excluding carboxylic acids is 2. The van der Waals surface area contributed by atoms with Gasteiger partial charge in [-0.15, -0.1) is 0 Å². The van der Waals surface area contributed by atoms with E-state index in [1.54, 1.807) is 6.92 Å². The molecule has 2 aliphatic heterocycles. The molecule has 3 aromatic carbocycles. The van der Waals surface area contributed by atoms with Crippen molar-refractivity contribution in [3.63, 3.8) is 0 Å². The second-order valence-corrected chi connectivity index (χ2v) is 11.6. The Morgan fingerprint density at radius 2 is 1.54 bits per heavy atom. The molecule has 1 saturated heterocycles. The summed E-state index contributed by atoms with van der Waals surface area (Å²) in [5, 5.41) is 14.3. The number of hydrogen-bond acceptors (Lipinski definition) is 9. The molecule has 1 unspecified atom stereocenters.